The highest BCUT2D eigenvalue weighted by Gasteiger charge is 2.17. The van der Waals surface area contributed by atoms with Crippen molar-refractivity contribution < 1.29 is 18.7 Å². The first-order chi connectivity index (χ1) is 9.65. The first kappa shape index (κ1) is 13.6. The van der Waals surface area contributed by atoms with Crippen LogP contribution in [0.4, 0.5) is 11.4 Å². The summed E-state index contributed by atoms with van der Waals surface area (Å²) in [5, 5.41) is 2.93. The van der Waals surface area contributed by atoms with Crippen molar-refractivity contribution in [2.45, 2.75) is 0 Å². The fraction of sp³-hybridized carbons (Fsp3) is 0.154. The van der Waals surface area contributed by atoms with Crippen molar-refractivity contribution in [3.63, 3.8) is 0 Å². The minimum absolute atomic E-state index is 0.0403. The van der Waals surface area contributed by atoms with Gasteiger partial charge in [0.05, 0.1) is 31.8 Å². The van der Waals surface area contributed by atoms with Crippen LogP contribution >= 0.6 is 0 Å². The maximum atomic E-state index is 11.7. The zero-order valence-corrected chi connectivity index (χ0v) is 10.9. The maximum absolute atomic E-state index is 11.7. The van der Waals surface area contributed by atoms with Gasteiger partial charge in [-0.2, -0.15) is 0 Å². The van der Waals surface area contributed by atoms with Crippen LogP contribution in [0.25, 0.3) is 0 Å². The monoisotopic (exact) mass is 276 g/mol. The van der Waals surface area contributed by atoms with Crippen molar-refractivity contribution in [3.05, 3.63) is 46.8 Å². The summed E-state index contributed by atoms with van der Waals surface area (Å²) in [7, 11) is 2.53. The lowest BCUT2D eigenvalue weighted by Crippen LogP contribution is -2.12. The van der Waals surface area contributed by atoms with Crippen molar-refractivity contribution in [1.29, 1.82) is 0 Å². The Kier molecular flexibility index (Phi) is 3.99. The first-order valence-corrected chi connectivity index (χ1v) is 5.63. The Balaban J connectivity index is 2.47. The molecule has 104 valence electrons. The molecule has 0 saturated carbocycles. The third-order valence-corrected chi connectivity index (χ3v) is 2.44. The summed E-state index contributed by atoms with van der Waals surface area (Å²) in [6, 6.07) is 4.80. The van der Waals surface area contributed by atoms with Gasteiger partial charge in [0, 0.05) is 12.3 Å². The van der Waals surface area contributed by atoms with Crippen molar-refractivity contribution in [2.75, 3.05) is 19.5 Å². The Labute approximate surface area is 114 Å². The number of aromatic nitrogens is 1. The Morgan fingerprint density at radius 3 is 2.80 bits per heavy atom. The van der Waals surface area contributed by atoms with Gasteiger partial charge in [0.25, 0.3) is 0 Å². The number of nitrogens with one attached hydrogen (secondary N) is 1. The molecule has 0 bridgehead atoms. The van der Waals surface area contributed by atoms with Gasteiger partial charge >= 0.3 is 11.6 Å². The summed E-state index contributed by atoms with van der Waals surface area (Å²) in [6.07, 6.45) is 3.17. The van der Waals surface area contributed by atoms with E-state index in [0.717, 1.165) is 0 Å². The summed E-state index contributed by atoms with van der Waals surface area (Å²) in [6.45, 7) is 0. The van der Waals surface area contributed by atoms with Crippen LogP contribution in [0.1, 0.15) is 10.6 Å². The van der Waals surface area contributed by atoms with E-state index in [4.69, 9.17) is 9.15 Å². The number of esters is 1. The van der Waals surface area contributed by atoms with E-state index in [2.05, 4.69) is 15.0 Å². The molecular weight excluding hydrogens is 264 g/mol. The van der Waals surface area contributed by atoms with Crippen LogP contribution < -0.4 is 15.7 Å². The molecule has 0 atom stereocenters. The molecular formula is C13H12N2O5. The highest BCUT2D eigenvalue weighted by molar-refractivity contribution is 5.88. The van der Waals surface area contributed by atoms with E-state index < -0.39 is 11.6 Å². The zero-order valence-electron chi connectivity index (χ0n) is 10.9. The number of carbonyl (C=O) groups is 1. The maximum Gasteiger partial charge on any atom is 0.381 e. The number of rotatable bonds is 4. The van der Waals surface area contributed by atoms with Crippen molar-refractivity contribution in [1.82, 2.24) is 4.98 Å². The molecule has 2 heterocycles. The normalized spacial score (nSPS) is 9.90. The number of anilines is 2. The second kappa shape index (κ2) is 5.87. The van der Waals surface area contributed by atoms with Gasteiger partial charge in [0.1, 0.15) is 0 Å². The molecule has 0 aromatic carbocycles. The summed E-state index contributed by atoms with van der Waals surface area (Å²) >= 11 is 0. The van der Waals surface area contributed by atoms with Crippen molar-refractivity contribution in [2.24, 2.45) is 0 Å². The van der Waals surface area contributed by atoms with Gasteiger partial charge < -0.3 is 19.2 Å². The Morgan fingerprint density at radius 1 is 1.40 bits per heavy atom. The topological polar surface area (TPSA) is 90.7 Å². The second-order valence-corrected chi connectivity index (χ2v) is 3.70. The van der Waals surface area contributed by atoms with Gasteiger partial charge in [-0.05, 0) is 12.1 Å². The van der Waals surface area contributed by atoms with Gasteiger partial charge in [-0.15, -0.1) is 0 Å². The smallest absolute Gasteiger partial charge is 0.381 e. The van der Waals surface area contributed by atoms with E-state index >= 15 is 0 Å². The van der Waals surface area contributed by atoms with E-state index in [1.807, 2.05) is 0 Å². The molecule has 7 heteroatoms. The Bertz CT molecular complexity index is 666. The quantitative estimate of drug-likeness (QED) is 0.847. The number of carbonyl (C=O) groups excluding carboxylic acids is 1. The number of pyridine rings is 1. The third-order valence-electron chi connectivity index (χ3n) is 2.44. The third kappa shape index (κ3) is 2.77. The highest BCUT2D eigenvalue weighted by Crippen LogP contribution is 2.25. The van der Waals surface area contributed by atoms with Crippen LogP contribution in [0.2, 0.25) is 0 Å². The van der Waals surface area contributed by atoms with Gasteiger partial charge in [0.15, 0.2) is 0 Å². The molecule has 2 aromatic rings. The molecule has 0 amide bonds. The fourth-order valence-electron chi connectivity index (χ4n) is 1.56. The summed E-state index contributed by atoms with van der Waals surface area (Å²) in [5.41, 5.74) is 0.145. The molecule has 1 N–H and O–H groups in total. The van der Waals surface area contributed by atoms with E-state index in [9.17, 15) is 9.59 Å². The molecule has 2 rings (SSSR count). The van der Waals surface area contributed by atoms with Gasteiger partial charge in [-0.3, -0.25) is 4.98 Å². The molecule has 0 saturated heterocycles. The van der Waals surface area contributed by atoms with E-state index in [0.29, 0.717) is 5.69 Å². The summed E-state index contributed by atoms with van der Waals surface area (Å²) in [4.78, 5) is 27.1. The van der Waals surface area contributed by atoms with E-state index in [1.54, 1.807) is 24.5 Å². The standard InChI is InChI=1S/C13H12N2O5/c1-18-11-9(15-8-4-3-5-14-7-8)6-10(12(16)19-2)20-13(11)17/h3-7,15H,1-2H3. The SMILES string of the molecule is COC(=O)c1cc(Nc2cccnc2)c(OC)c(=O)o1. The lowest BCUT2D eigenvalue weighted by atomic mass is 10.3. The van der Waals surface area contributed by atoms with Crippen molar-refractivity contribution in [3.8, 4) is 5.75 Å². The average molecular weight is 276 g/mol. The number of hydrogen-bond acceptors (Lipinski definition) is 7. The molecule has 0 aliphatic rings. The number of hydrogen-bond donors (Lipinski definition) is 1. The first-order valence-electron chi connectivity index (χ1n) is 5.63. The number of nitrogens with zero attached hydrogens (tertiary/aromatic N) is 1. The molecule has 0 aliphatic heterocycles. The van der Waals surface area contributed by atoms with Gasteiger partial charge in [-0.25, -0.2) is 9.59 Å². The Morgan fingerprint density at radius 2 is 2.20 bits per heavy atom. The molecule has 20 heavy (non-hydrogen) atoms. The molecule has 0 spiro atoms. The molecule has 0 radical (unpaired) electrons. The van der Waals surface area contributed by atoms with Crippen LogP contribution in [0, 0.1) is 0 Å². The minimum Gasteiger partial charge on any atom is -0.488 e. The van der Waals surface area contributed by atoms with Crippen LogP contribution in [0.5, 0.6) is 5.75 Å². The minimum atomic E-state index is -0.776. The lowest BCUT2D eigenvalue weighted by molar-refractivity contribution is 0.0559. The summed E-state index contributed by atoms with van der Waals surface area (Å²) in [5.74, 6) is -1.01. The molecule has 7 nitrogen and oxygen atoms in total. The van der Waals surface area contributed by atoms with E-state index in [-0.39, 0.29) is 17.2 Å². The predicted octanol–water partition coefficient (Wildman–Crippen LogP) is 1.57. The summed E-state index contributed by atoms with van der Waals surface area (Å²) < 4.78 is 14.3. The van der Waals surface area contributed by atoms with Crippen molar-refractivity contribution >= 4 is 17.3 Å². The molecule has 0 unspecified atom stereocenters. The van der Waals surface area contributed by atoms with Gasteiger partial charge in [0.2, 0.25) is 11.5 Å². The predicted molar refractivity (Wildman–Crippen MR) is 70.4 cm³/mol. The zero-order chi connectivity index (χ0) is 14.5. The molecule has 0 aliphatic carbocycles. The number of ether oxygens (including phenoxy) is 2. The Hall–Kier alpha value is -2.83. The average Bonchev–Trinajstić information content (AvgIpc) is 2.47. The largest absolute Gasteiger partial charge is 0.488 e. The fourth-order valence-corrected chi connectivity index (χ4v) is 1.56. The van der Waals surface area contributed by atoms with Crippen LogP contribution in [-0.4, -0.2) is 25.2 Å². The lowest BCUT2D eigenvalue weighted by Gasteiger charge is -2.10. The number of methoxy groups -OCH3 is 2. The van der Waals surface area contributed by atoms with Crippen LogP contribution in [-0.2, 0) is 4.74 Å². The molecule has 2 aromatic heterocycles. The highest BCUT2D eigenvalue weighted by atomic mass is 16.5. The second-order valence-electron chi connectivity index (χ2n) is 3.70. The van der Waals surface area contributed by atoms with Crippen LogP contribution in [0.3, 0.4) is 0 Å². The van der Waals surface area contributed by atoms with Gasteiger partial charge in [-0.1, -0.05) is 0 Å². The molecule has 0 fully saturated rings. The van der Waals surface area contributed by atoms with E-state index in [1.165, 1.54) is 20.3 Å². The van der Waals surface area contributed by atoms with Crippen LogP contribution in [0.15, 0.2) is 39.8 Å².